The fourth-order valence-electron chi connectivity index (χ4n) is 1.83. The number of nitrogens with one attached hydrogen (secondary N) is 1. The molecule has 0 aliphatic carbocycles. The number of benzene rings is 1. The van der Waals surface area contributed by atoms with E-state index >= 15 is 0 Å². The average molecular weight is 278 g/mol. The summed E-state index contributed by atoms with van der Waals surface area (Å²) in [5.74, 6) is 0.176. The van der Waals surface area contributed by atoms with E-state index in [4.69, 9.17) is 11.6 Å². The third-order valence-corrected chi connectivity index (χ3v) is 3.16. The standard InChI is InChI=1S/C14H16ClN3O/c1-18-9-13(16-10-18)14(19)17-12(8-15)7-11-5-3-2-4-6-11/h2-6,9-10,12H,7-8H2,1H3,(H,17,19). The van der Waals surface area contributed by atoms with Crippen molar-refractivity contribution >= 4 is 17.5 Å². The van der Waals surface area contributed by atoms with Crippen molar-refractivity contribution in [2.24, 2.45) is 7.05 Å². The molecular weight excluding hydrogens is 262 g/mol. The number of carbonyl (C=O) groups excluding carboxylic acids is 1. The van der Waals surface area contributed by atoms with E-state index in [2.05, 4.69) is 10.3 Å². The third kappa shape index (κ3) is 3.83. The van der Waals surface area contributed by atoms with Crippen molar-refractivity contribution in [1.29, 1.82) is 0 Å². The molecule has 1 heterocycles. The Bertz CT molecular complexity index is 539. The number of alkyl halides is 1. The number of hydrogen-bond donors (Lipinski definition) is 1. The molecule has 0 saturated heterocycles. The number of hydrogen-bond acceptors (Lipinski definition) is 2. The lowest BCUT2D eigenvalue weighted by Gasteiger charge is -2.15. The maximum absolute atomic E-state index is 12.0. The Morgan fingerprint density at radius 1 is 1.42 bits per heavy atom. The smallest absolute Gasteiger partial charge is 0.271 e. The van der Waals surface area contributed by atoms with Gasteiger partial charge in [-0.05, 0) is 12.0 Å². The summed E-state index contributed by atoms with van der Waals surface area (Å²) < 4.78 is 1.74. The first-order chi connectivity index (χ1) is 9.19. The van der Waals surface area contributed by atoms with Crippen LogP contribution in [0.2, 0.25) is 0 Å². The van der Waals surface area contributed by atoms with Crippen molar-refractivity contribution in [2.75, 3.05) is 5.88 Å². The molecule has 4 nitrogen and oxygen atoms in total. The van der Waals surface area contributed by atoms with Gasteiger partial charge in [0.05, 0.1) is 6.33 Å². The predicted octanol–water partition coefficient (Wildman–Crippen LogP) is 2.00. The molecule has 1 unspecified atom stereocenters. The summed E-state index contributed by atoms with van der Waals surface area (Å²) in [6, 6.07) is 9.85. The van der Waals surface area contributed by atoms with Crippen molar-refractivity contribution in [2.45, 2.75) is 12.5 Å². The molecule has 0 radical (unpaired) electrons. The largest absolute Gasteiger partial charge is 0.346 e. The maximum Gasteiger partial charge on any atom is 0.271 e. The van der Waals surface area contributed by atoms with E-state index in [-0.39, 0.29) is 11.9 Å². The van der Waals surface area contributed by atoms with E-state index in [1.165, 1.54) is 0 Å². The Morgan fingerprint density at radius 3 is 2.74 bits per heavy atom. The van der Waals surface area contributed by atoms with Gasteiger partial charge in [-0.25, -0.2) is 4.98 Å². The number of nitrogens with zero attached hydrogens (tertiary/aromatic N) is 2. The molecule has 1 N–H and O–H groups in total. The number of amides is 1. The van der Waals surface area contributed by atoms with Crippen LogP contribution in [0.25, 0.3) is 0 Å². The third-order valence-electron chi connectivity index (χ3n) is 2.78. The van der Waals surface area contributed by atoms with Crippen molar-refractivity contribution in [3.63, 3.8) is 0 Å². The van der Waals surface area contributed by atoms with Crippen LogP contribution in [-0.2, 0) is 13.5 Å². The van der Waals surface area contributed by atoms with Crippen LogP contribution < -0.4 is 5.32 Å². The highest BCUT2D eigenvalue weighted by atomic mass is 35.5. The summed E-state index contributed by atoms with van der Waals surface area (Å²) in [5.41, 5.74) is 1.56. The summed E-state index contributed by atoms with van der Waals surface area (Å²) in [6.07, 6.45) is 3.99. The number of aromatic nitrogens is 2. The first-order valence-corrected chi connectivity index (χ1v) is 6.61. The zero-order valence-corrected chi connectivity index (χ0v) is 11.5. The highest BCUT2D eigenvalue weighted by molar-refractivity contribution is 6.18. The van der Waals surface area contributed by atoms with Crippen LogP contribution in [0.3, 0.4) is 0 Å². The van der Waals surface area contributed by atoms with Crippen molar-refractivity contribution < 1.29 is 4.79 Å². The minimum atomic E-state index is -0.192. The highest BCUT2D eigenvalue weighted by Crippen LogP contribution is 2.05. The van der Waals surface area contributed by atoms with Gasteiger partial charge >= 0.3 is 0 Å². The van der Waals surface area contributed by atoms with Crippen LogP contribution in [0.15, 0.2) is 42.9 Å². The van der Waals surface area contributed by atoms with Gasteiger partial charge in [0.15, 0.2) is 0 Å². The Kier molecular flexibility index (Phi) is 4.58. The van der Waals surface area contributed by atoms with Crippen LogP contribution >= 0.6 is 11.6 Å². The monoisotopic (exact) mass is 277 g/mol. The van der Waals surface area contributed by atoms with Crippen LogP contribution in [0.4, 0.5) is 0 Å². The molecule has 100 valence electrons. The lowest BCUT2D eigenvalue weighted by Crippen LogP contribution is -2.38. The number of carbonyl (C=O) groups is 1. The summed E-state index contributed by atoms with van der Waals surface area (Å²) in [7, 11) is 1.83. The van der Waals surface area contributed by atoms with Gasteiger partial charge in [-0.2, -0.15) is 0 Å². The van der Waals surface area contributed by atoms with E-state index < -0.39 is 0 Å². The van der Waals surface area contributed by atoms with Gasteiger partial charge in [0.2, 0.25) is 0 Å². The van der Waals surface area contributed by atoms with Crippen LogP contribution in [-0.4, -0.2) is 27.4 Å². The van der Waals surface area contributed by atoms with Gasteiger partial charge in [0.25, 0.3) is 5.91 Å². The zero-order chi connectivity index (χ0) is 13.7. The Hall–Kier alpha value is -1.81. The molecule has 1 aromatic heterocycles. The van der Waals surface area contributed by atoms with E-state index in [1.807, 2.05) is 37.4 Å². The second-order valence-corrected chi connectivity index (χ2v) is 4.75. The normalized spacial score (nSPS) is 12.1. The summed E-state index contributed by atoms with van der Waals surface area (Å²) >= 11 is 5.91. The molecule has 1 amide bonds. The van der Waals surface area contributed by atoms with Gasteiger partial charge in [-0.3, -0.25) is 4.79 Å². The second kappa shape index (κ2) is 6.38. The SMILES string of the molecule is Cn1cnc(C(=O)NC(CCl)Cc2ccccc2)c1. The van der Waals surface area contributed by atoms with Gasteiger partial charge < -0.3 is 9.88 Å². The molecule has 0 aliphatic heterocycles. The van der Waals surface area contributed by atoms with Gasteiger partial charge in [0.1, 0.15) is 5.69 Å². The molecule has 0 fully saturated rings. The summed E-state index contributed by atoms with van der Waals surface area (Å²) in [6.45, 7) is 0. The number of halogens is 1. The molecule has 1 atom stereocenters. The first kappa shape index (κ1) is 13.6. The minimum absolute atomic E-state index is 0.0985. The van der Waals surface area contributed by atoms with Gasteiger partial charge in [-0.15, -0.1) is 11.6 Å². The molecule has 0 saturated carbocycles. The zero-order valence-electron chi connectivity index (χ0n) is 10.7. The maximum atomic E-state index is 12.0. The number of imidazole rings is 1. The lowest BCUT2D eigenvalue weighted by atomic mass is 10.1. The summed E-state index contributed by atoms with van der Waals surface area (Å²) in [5, 5.41) is 2.90. The van der Waals surface area contributed by atoms with Gasteiger partial charge in [-0.1, -0.05) is 30.3 Å². The fourth-order valence-corrected chi connectivity index (χ4v) is 2.02. The van der Waals surface area contributed by atoms with Crippen LogP contribution in [0.5, 0.6) is 0 Å². The molecule has 1 aromatic carbocycles. The van der Waals surface area contributed by atoms with E-state index in [1.54, 1.807) is 17.1 Å². The highest BCUT2D eigenvalue weighted by Gasteiger charge is 2.15. The number of rotatable bonds is 5. The Balaban J connectivity index is 1.97. The molecule has 2 rings (SSSR count). The molecule has 2 aromatic rings. The minimum Gasteiger partial charge on any atom is -0.346 e. The molecule has 5 heteroatoms. The van der Waals surface area contributed by atoms with Crippen LogP contribution in [0, 0.1) is 0 Å². The molecule has 0 aliphatic rings. The predicted molar refractivity (Wildman–Crippen MR) is 75.3 cm³/mol. The quantitative estimate of drug-likeness (QED) is 0.850. The first-order valence-electron chi connectivity index (χ1n) is 6.07. The second-order valence-electron chi connectivity index (χ2n) is 4.44. The molecular formula is C14H16ClN3O. The average Bonchev–Trinajstić information content (AvgIpc) is 2.86. The lowest BCUT2D eigenvalue weighted by molar-refractivity contribution is 0.0936. The number of aryl methyl sites for hydroxylation is 1. The van der Waals surface area contributed by atoms with E-state index in [0.29, 0.717) is 18.0 Å². The van der Waals surface area contributed by atoms with Gasteiger partial charge in [0, 0.05) is 25.2 Å². The van der Waals surface area contributed by atoms with Crippen molar-refractivity contribution in [3.05, 3.63) is 54.1 Å². The van der Waals surface area contributed by atoms with Crippen molar-refractivity contribution in [3.8, 4) is 0 Å². The topological polar surface area (TPSA) is 46.9 Å². The van der Waals surface area contributed by atoms with Crippen LogP contribution in [0.1, 0.15) is 16.1 Å². The van der Waals surface area contributed by atoms with Crippen molar-refractivity contribution in [1.82, 2.24) is 14.9 Å². The van der Waals surface area contributed by atoms with E-state index in [9.17, 15) is 4.79 Å². The Morgan fingerprint density at radius 2 is 2.16 bits per heavy atom. The Labute approximate surface area is 117 Å². The molecule has 0 spiro atoms. The molecule has 0 bridgehead atoms. The summed E-state index contributed by atoms with van der Waals surface area (Å²) in [4.78, 5) is 16.0. The van der Waals surface area contributed by atoms with E-state index in [0.717, 1.165) is 5.56 Å². The molecule has 19 heavy (non-hydrogen) atoms. The fraction of sp³-hybridized carbons (Fsp3) is 0.286.